The van der Waals surface area contributed by atoms with Gasteiger partial charge < -0.3 is 9.88 Å². The Balaban J connectivity index is 1.23. The molecule has 0 radical (unpaired) electrons. The van der Waals surface area contributed by atoms with E-state index in [0.29, 0.717) is 12.6 Å². The van der Waals surface area contributed by atoms with E-state index in [0.717, 1.165) is 57.7 Å². The number of hydrogen-bond donors (Lipinski definition) is 1. The van der Waals surface area contributed by atoms with Gasteiger partial charge in [-0.15, -0.1) is 0 Å². The van der Waals surface area contributed by atoms with E-state index in [1.165, 1.54) is 18.7 Å². The van der Waals surface area contributed by atoms with Crippen molar-refractivity contribution in [1.82, 2.24) is 29.7 Å². The van der Waals surface area contributed by atoms with E-state index in [4.69, 9.17) is 0 Å². The summed E-state index contributed by atoms with van der Waals surface area (Å²) < 4.78 is 2.23. The molecule has 2 saturated heterocycles. The third-order valence-corrected chi connectivity index (χ3v) is 6.59. The van der Waals surface area contributed by atoms with E-state index < -0.39 is 0 Å². The Hall–Kier alpha value is -2.25. The molecule has 1 atom stereocenters. The van der Waals surface area contributed by atoms with Gasteiger partial charge in [0.1, 0.15) is 5.82 Å². The third kappa shape index (κ3) is 5.26. The zero-order valence-corrected chi connectivity index (χ0v) is 18.0. The van der Waals surface area contributed by atoms with Gasteiger partial charge in [-0.25, -0.2) is 4.98 Å². The van der Waals surface area contributed by atoms with Crippen molar-refractivity contribution < 1.29 is 4.79 Å². The first-order valence-electron chi connectivity index (χ1n) is 11.4. The number of imidazole rings is 1. The normalized spacial score (nSPS) is 21.6. The summed E-state index contributed by atoms with van der Waals surface area (Å²) in [5.41, 5.74) is 1.05. The molecule has 2 aliphatic heterocycles. The van der Waals surface area contributed by atoms with Crippen molar-refractivity contribution in [2.45, 2.75) is 58.3 Å². The number of carbonyl (C=O) groups is 1. The highest BCUT2D eigenvalue weighted by Gasteiger charge is 2.31. The molecule has 162 valence electrons. The summed E-state index contributed by atoms with van der Waals surface area (Å²) >= 11 is 0. The van der Waals surface area contributed by atoms with Gasteiger partial charge in [-0.05, 0) is 50.8 Å². The predicted octanol–water partition coefficient (Wildman–Crippen LogP) is 2.29. The van der Waals surface area contributed by atoms with Gasteiger partial charge in [-0.3, -0.25) is 19.6 Å². The first-order chi connectivity index (χ1) is 14.7. The van der Waals surface area contributed by atoms with Crippen LogP contribution in [0.1, 0.15) is 44.0 Å². The lowest BCUT2D eigenvalue weighted by atomic mass is 9.93. The SMILES string of the molecule is CCn1ccnc1CN1CCC(N2CCC[C@@H](C(=O)NCc3cccnc3)C2)CC1. The highest BCUT2D eigenvalue weighted by molar-refractivity contribution is 5.78. The smallest absolute Gasteiger partial charge is 0.224 e. The largest absolute Gasteiger partial charge is 0.352 e. The second-order valence-corrected chi connectivity index (χ2v) is 8.55. The summed E-state index contributed by atoms with van der Waals surface area (Å²) in [6.07, 6.45) is 12.0. The van der Waals surface area contributed by atoms with Crippen LogP contribution >= 0.6 is 0 Å². The lowest BCUT2D eigenvalue weighted by Crippen LogP contribution is -2.50. The van der Waals surface area contributed by atoms with Gasteiger partial charge in [0, 0.05) is 63.6 Å². The number of piperidine rings is 2. The number of amides is 1. The summed E-state index contributed by atoms with van der Waals surface area (Å²) in [7, 11) is 0. The standard InChI is InChI=1S/C23H34N6O/c1-2-28-14-10-25-22(28)18-27-12-7-21(8-13-27)29-11-4-6-20(17-29)23(30)26-16-19-5-3-9-24-15-19/h3,5,9-10,14-15,20-21H,2,4,6-8,11-13,16-18H2,1H3,(H,26,30)/t20-/m1/s1. The fourth-order valence-electron chi connectivity index (χ4n) is 4.81. The van der Waals surface area contributed by atoms with Crippen molar-refractivity contribution in [3.05, 3.63) is 48.3 Å². The maximum atomic E-state index is 12.7. The van der Waals surface area contributed by atoms with E-state index in [-0.39, 0.29) is 11.8 Å². The van der Waals surface area contributed by atoms with Gasteiger partial charge >= 0.3 is 0 Å². The van der Waals surface area contributed by atoms with Crippen LogP contribution < -0.4 is 5.32 Å². The molecule has 4 rings (SSSR count). The molecule has 4 heterocycles. The maximum absolute atomic E-state index is 12.7. The van der Waals surface area contributed by atoms with Gasteiger partial charge in [-0.2, -0.15) is 0 Å². The van der Waals surface area contributed by atoms with Crippen molar-refractivity contribution in [3.8, 4) is 0 Å². The fraction of sp³-hybridized carbons (Fsp3) is 0.609. The first-order valence-corrected chi connectivity index (χ1v) is 11.4. The van der Waals surface area contributed by atoms with Gasteiger partial charge in [0.05, 0.1) is 12.5 Å². The first kappa shape index (κ1) is 21.0. The van der Waals surface area contributed by atoms with Crippen molar-refractivity contribution in [3.63, 3.8) is 0 Å². The highest BCUT2D eigenvalue weighted by Crippen LogP contribution is 2.24. The summed E-state index contributed by atoms with van der Waals surface area (Å²) in [5.74, 6) is 1.46. The van der Waals surface area contributed by atoms with Crippen LogP contribution in [0.3, 0.4) is 0 Å². The zero-order chi connectivity index (χ0) is 20.8. The van der Waals surface area contributed by atoms with Crippen LogP contribution in [0.4, 0.5) is 0 Å². The third-order valence-electron chi connectivity index (χ3n) is 6.59. The van der Waals surface area contributed by atoms with E-state index in [1.54, 1.807) is 6.20 Å². The number of aryl methyl sites for hydroxylation is 1. The molecule has 2 aromatic heterocycles. The van der Waals surface area contributed by atoms with Crippen molar-refractivity contribution in [2.75, 3.05) is 26.2 Å². The number of likely N-dealkylation sites (tertiary alicyclic amines) is 2. The number of hydrogen-bond acceptors (Lipinski definition) is 5. The minimum Gasteiger partial charge on any atom is -0.352 e. The predicted molar refractivity (Wildman–Crippen MR) is 117 cm³/mol. The van der Waals surface area contributed by atoms with Crippen LogP contribution in [-0.4, -0.2) is 62.5 Å². The number of rotatable bonds is 7. The van der Waals surface area contributed by atoms with E-state index >= 15 is 0 Å². The van der Waals surface area contributed by atoms with E-state index in [9.17, 15) is 4.79 Å². The minimum atomic E-state index is 0.102. The Labute approximate surface area is 179 Å². The van der Waals surface area contributed by atoms with Gasteiger partial charge in [0.15, 0.2) is 0 Å². The molecule has 1 amide bonds. The number of aromatic nitrogens is 3. The summed E-state index contributed by atoms with van der Waals surface area (Å²) in [6.45, 7) is 8.87. The van der Waals surface area contributed by atoms with Crippen LogP contribution in [0, 0.1) is 5.92 Å². The quantitative estimate of drug-likeness (QED) is 0.759. The molecule has 0 aliphatic carbocycles. The molecule has 0 bridgehead atoms. The molecule has 1 N–H and O–H groups in total. The molecule has 7 nitrogen and oxygen atoms in total. The molecule has 7 heteroatoms. The summed E-state index contributed by atoms with van der Waals surface area (Å²) in [5, 5.41) is 3.11. The van der Waals surface area contributed by atoms with Gasteiger partial charge in [0.2, 0.25) is 5.91 Å². The van der Waals surface area contributed by atoms with Crippen LogP contribution in [0.2, 0.25) is 0 Å². The van der Waals surface area contributed by atoms with E-state index in [1.807, 2.05) is 24.5 Å². The lowest BCUT2D eigenvalue weighted by molar-refractivity contribution is -0.127. The Morgan fingerprint density at radius 2 is 2.07 bits per heavy atom. The molecular weight excluding hydrogens is 376 g/mol. The molecule has 0 aromatic carbocycles. The second kappa shape index (κ2) is 10.2. The molecular formula is C23H34N6O. The Kier molecular flexibility index (Phi) is 7.12. The minimum absolute atomic E-state index is 0.102. The number of carbonyl (C=O) groups excluding carboxylic acids is 1. The summed E-state index contributed by atoms with van der Waals surface area (Å²) in [4.78, 5) is 26.4. The van der Waals surface area contributed by atoms with Crippen LogP contribution in [0.25, 0.3) is 0 Å². The van der Waals surface area contributed by atoms with Gasteiger partial charge in [0.25, 0.3) is 0 Å². The number of pyridine rings is 1. The van der Waals surface area contributed by atoms with Crippen molar-refractivity contribution in [1.29, 1.82) is 0 Å². The topological polar surface area (TPSA) is 66.3 Å². The highest BCUT2D eigenvalue weighted by atomic mass is 16.1. The zero-order valence-electron chi connectivity index (χ0n) is 18.0. The fourth-order valence-corrected chi connectivity index (χ4v) is 4.81. The second-order valence-electron chi connectivity index (χ2n) is 8.55. The lowest BCUT2D eigenvalue weighted by Gasteiger charge is -2.42. The Morgan fingerprint density at radius 1 is 1.20 bits per heavy atom. The van der Waals surface area contributed by atoms with Crippen LogP contribution in [0.15, 0.2) is 36.9 Å². The van der Waals surface area contributed by atoms with Crippen LogP contribution in [0.5, 0.6) is 0 Å². The van der Waals surface area contributed by atoms with Crippen molar-refractivity contribution >= 4 is 5.91 Å². The van der Waals surface area contributed by atoms with Crippen LogP contribution in [-0.2, 0) is 24.4 Å². The number of nitrogens with one attached hydrogen (secondary N) is 1. The Bertz CT molecular complexity index is 799. The average molecular weight is 411 g/mol. The van der Waals surface area contributed by atoms with E-state index in [2.05, 4.69) is 42.8 Å². The van der Waals surface area contributed by atoms with Crippen molar-refractivity contribution in [2.24, 2.45) is 5.92 Å². The van der Waals surface area contributed by atoms with Gasteiger partial charge in [-0.1, -0.05) is 6.07 Å². The average Bonchev–Trinajstić information content (AvgIpc) is 3.26. The molecule has 0 saturated carbocycles. The molecule has 2 fully saturated rings. The molecule has 2 aliphatic rings. The molecule has 0 unspecified atom stereocenters. The maximum Gasteiger partial charge on any atom is 0.224 e. The molecule has 30 heavy (non-hydrogen) atoms. The molecule has 0 spiro atoms. The number of nitrogens with zero attached hydrogens (tertiary/aromatic N) is 5. The summed E-state index contributed by atoms with van der Waals surface area (Å²) in [6, 6.07) is 4.51. The Morgan fingerprint density at radius 3 is 2.83 bits per heavy atom. The molecule has 2 aromatic rings. The monoisotopic (exact) mass is 410 g/mol.